The number of hydrogen-bond acceptors (Lipinski definition) is 5. The Labute approximate surface area is 140 Å². The Hall–Kier alpha value is -3.08. The molecule has 0 amide bonds. The predicted octanol–water partition coefficient (Wildman–Crippen LogP) is 3.93. The van der Waals surface area contributed by atoms with Crippen LogP contribution in [0.1, 0.15) is 12.5 Å². The molecule has 24 heavy (non-hydrogen) atoms. The molecule has 0 unspecified atom stereocenters. The van der Waals surface area contributed by atoms with Gasteiger partial charge >= 0.3 is 5.97 Å². The fraction of sp³-hybridized carbons (Fsp3) is 0.158. The lowest BCUT2D eigenvalue weighted by Crippen LogP contribution is -2.11. The maximum Gasteiger partial charge on any atom is 0.343 e. The Morgan fingerprint density at radius 1 is 1.12 bits per heavy atom. The lowest BCUT2D eigenvalue weighted by Gasteiger charge is -2.07. The molecule has 2 rings (SSSR count). The summed E-state index contributed by atoms with van der Waals surface area (Å²) in [6.45, 7) is 1.90. The van der Waals surface area contributed by atoms with Gasteiger partial charge in [-0.1, -0.05) is 42.5 Å². The number of nitrogens with zero attached hydrogens (tertiary/aromatic N) is 1. The van der Waals surface area contributed by atoms with Gasteiger partial charge in [-0.15, -0.1) is 0 Å². The minimum Gasteiger partial charge on any atom is -0.506 e. The van der Waals surface area contributed by atoms with Gasteiger partial charge in [0.05, 0.1) is 13.7 Å². The first-order valence-electron chi connectivity index (χ1n) is 7.50. The number of aliphatic hydroxyl groups excluding tert-OH is 1. The molecule has 0 aliphatic rings. The van der Waals surface area contributed by atoms with E-state index in [1.54, 1.807) is 49.4 Å². The van der Waals surface area contributed by atoms with E-state index in [1.807, 2.05) is 12.1 Å². The van der Waals surface area contributed by atoms with E-state index in [4.69, 9.17) is 9.47 Å². The van der Waals surface area contributed by atoms with Crippen LogP contribution in [0.2, 0.25) is 0 Å². The molecule has 0 bridgehead atoms. The van der Waals surface area contributed by atoms with Crippen LogP contribution in [-0.2, 0) is 9.53 Å². The zero-order chi connectivity index (χ0) is 17.4. The summed E-state index contributed by atoms with van der Waals surface area (Å²) in [5.74, 6) is -0.263. The summed E-state index contributed by atoms with van der Waals surface area (Å²) in [7, 11) is 1.54. The van der Waals surface area contributed by atoms with Crippen molar-refractivity contribution in [3.05, 3.63) is 65.7 Å². The number of aliphatic hydroxyl groups is 1. The third-order valence-corrected chi connectivity index (χ3v) is 3.22. The summed E-state index contributed by atoms with van der Waals surface area (Å²) in [4.78, 5) is 16.4. The lowest BCUT2D eigenvalue weighted by atomic mass is 10.1. The molecule has 0 saturated heterocycles. The lowest BCUT2D eigenvalue weighted by molar-refractivity contribution is -0.137. The van der Waals surface area contributed by atoms with Crippen LogP contribution >= 0.6 is 0 Å². The Morgan fingerprint density at radius 3 is 2.46 bits per heavy atom. The molecule has 0 aromatic heterocycles. The Balaban J connectivity index is 2.44. The first kappa shape index (κ1) is 17.3. The molecule has 5 heteroatoms. The third kappa shape index (κ3) is 4.23. The van der Waals surface area contributed by atoms with E-state index in [0.29, 0.717) is 17.0 Å². The molecule has 0 aliphatic heterocycles. The zero-order valence-corrected chi connectivity index (χ0v) is 13.6. The highest BCUT2D eigenvalue weighted by molar-refractivity contribution is 6.15. The fourth-order valence-electron chi connectivity index (χ4n) is 2.04. The summed E-state index contributed by atoms with van der Waals surface area (Å²) < 4.78 is 10.2. The molecule has 1 N–H and O–H groups in total. The van der Waals surface area contributed by atoms with Gasteiger partial charge in [-0.25, -0.2) is 4.79 Å². The predicted molar refractivity (Wildman–Crippen MR) is 93.8 cm³/mol. The molecule has 0 fully saturated rings. The summed E-state index contributed by atoms with van der Waals surface area (Å²) in [5.41, 5.74) is 1.03. The van der Waals surface area contributed by atoms with Crippen LogP contribution < -0.4 is 4.74 Å². The van der Waals surface area contributed by atoms with E-state index in [2.05, 4.69) is 4.99 Å². The highest BCUT2D eigenvalue weighted by Gasteiger charge is 2.16. The highest BCUT2D eigenvalue weighted by atomic mass is 16.5. The molecule has 124 valence electrons. The topological polar surface area (TPSA) is 68.1 Å². The molecule has 2 aromatic rings. The third-order valence-electron chi connectivity index (χ3n) is 3.22. The Morgan fingerprint density at radius 2 is 1.79 bits per heavy atom. The smallest absolute Gasteiger partial charge is 0.343 e. The van der Waals surface area contributed by atoms with Crippen molar-refractivity contribution in [2.45, 2.75) is 6.92 Å². The van der Waals surface area contributed by atoms with Crippen molar-refractivity contribution < 1.29 is 19.4 Å². The minimum absolute atomic E-state index is 0.0195. The van der Waals surface area contributed by atoms with E-state index >= 15 is 0 Å². The number of aliphatic imine (C=N–C) groups is 1. The van der Waals surface area contributed by atoms with Gasteiger partial charge in [0.1, 0.15) is 22.8 Å². The summed E-state index contributed by atoms with van der Waals surface area (Å²) in [6.07, 6.45) is 1.29. The minimum atomic E-state index is -0.641. The second kappa shape index (κ2) is 8.53. The number of rotatable bonds is 6. The van der Waals surface area contributed by atoms with E-state index in [1.165, 1.54) is 13.3 Å². The maximum atomic E-state index is 12.2. The number of para-hydroxylation sites is 2. The van der Waals surface area contributed by atoms with Gasteiger partial charge in [0.25, 0.3) is 0 Å². The number of carbonyl (C=O) groups excluding carboxylic acids is 1. The van der Waals surface area contributed by atoms with Crippen molar-refractivity contribution in [3.63, 3.8) is 0 Å². The van der Waals surface area contributed by atoms with Crippen molar-refractivity contribution >= 4 is 23.6 Å². The van der Waals surface area contributed by atoms with Crippen LogP contribution in [0.25, 0.3) is 5.76 Å². The number of ether oxygens (including phenoxy) is 2. The van der Waals surface area contributed by atoms with E-state index in [-0.39, 0.29) is 17.9 Å². The quantitative estimate of drug-likeness (QED) is 0.378. The Bertz CT molecular complexity index is 751. The van der Waals surface area contributed by atoms with Crippen LogP contribution in [0.3, 0.4) is 0 Å². The van der Waals surface area contributed by atoms with Gasteiger partial charge in [0, 0.05) is 11.8 Å². The second-order valence-corrected chi connectivity index (χ2v) is 4.78. The molecular formula is C19H19NO4. The number of hydrogen-bond donors (Lipinski definition) is 1. The largest absolute Gasteiger partial charge is 0.506 e. The molecule has 5 nitrogen and oxygen atoms in total. The molecular weight excluding hydrogens is 306 g/mol. The van der Waals surface area contributed by atoms with Crippen LogP contribution in [0.15, 0.2) is 65.2 Å². The van der Waals surface area contributed by atoms with Crippen molar-refractivity contribution in [2.24, 2.45) is 4.99 Å². The maximum absolute atomic E-state index is 12.2. The van der Waals surface area contributed by atoms with Crippen LogP contribution in [0.4, 0.5) is 5.69 Å². The summed E-state index contributed by atoms with van der Waals surface area (Å²) in [5, 5.41) is 10.4. The van der Waals surface area contributed by atoms with Crippen LogP contribution in [-0.4, -0.2) is 31.0 Å². The summed E-state index contributed by atoms with van der Waals surface area (Å²) in [6, 6.07) is 15.9. The average Bonchev–Trinajstić information content (AvgIpc) is 2.63. The van der Waals surface area contributed by atoms with Gasteiger partial charge in [-0.05, 0) is 19.1 Å². The Kier molecular flexibility index (Phi) is 6.14. The molecule has 0 saturated carbocycles. The molecule has 0 aliphatic carbocycles. The molecule has 0 heterocycles. The SMILES string of the molecule is CCOC(=O)C(C=Nc1ccccc1OC)=C(O)c1ccccc1. The standard InChI is InChI=1S/C19H19NO4/c1-3-24-19(22)15(18(21)14-9-5-4-6-10-14)13-20-16-11-7-8-12-17(16)23-2/h4-13,21H,3H2,1-2H3. The number of methoxy groups -OCH3 is 1. The monoisotopic (exact) mass is 325 g/mol. The fourth-order valence-corrected chi connectivity index (χ4v) is 2.04. The van der Waals surface area contributed by atoms with E-state index in [9.17, 15) is 9.90 Å². The second-order valence-electron chi connectivity index (χ2n) is 4.78. The van der Waals surface area contributed by atoms with Crippen molar-refractivity contribution in [2.75, 3.05) is 13.7 Å². The van der Waals surface area contributed by atoms with Crippen molar-refractivity contribution in [1.29, 1.82) is 0 Å². The van der Waals surface area contributed by atoms with Gasteiger partial charge in [0.15, 0.2) is 0 Å². The van der Waals surface area contributed by atoms with Crippen molar-refractivity contribution in [1.82, 2.24) is 0 Å². The van der Waals surface area contributed by atoms with E-state index in [0.717, 1.165) is 0 Å². The summed E-state index contributed by atoms with van der Waals surface area (Å²) >= 11 is 0. The molecule has 0 atom stereocenters. The van der Waals surface area contributed by atoms with Crippen molar-refractivity contribution in [3.8, 4) is 5.75 Å². The van der Waals surface area contributed by atoms with E-state index < -0.39 is 5.97 Å². The average molecular weight is 325 g/mol. The highest BCUT2D eigenvalue weighted by Crippen LogP contribution is 2.26. The molecule has 0 radical (unpaired) electrons. The number of benzene rings is 2. The van der Waals surface area contributed by atoms with Gasteiger partial charge in [0.2, 0.25) is 0 Å². The first-order valence-corrected chi connectivity index (χ1v) is 7.50. The van der Waals surface area contributed by atoms with Crippen LogP contribution in [0, 0.1) is 0 Å². The van der Waals surface area contributed by atoms with Gasteiger partial charge in [-0.2, -0.15) is 0 Å². The normalized spacial score (nSPS) is 11.9. The molecule has 2 aromatic carbocycles. The zero-order valence-electron chi connectivity index (χ0n) is 13.6. The molecule has 0 spiro atoms. The van der Waals surface area contributed by atoms with Crippen LogP contribution in [0.5, 0.6) is 5.75 Å². The number of esters is 1. The van der Waals surface area contributed by atoms with Gasteiger partial charge < -0.3 is 14.6 Å². The number of carbonyl (C=O) groups is 1. The van der Waals surface area contributed by atoms with Gasteiger partial charge in [-0.3, -0.25) is 4.99 Å². The first-order chi connectivity index (χ1) is 11.7.